The van der Waals surface area contributed by atoms with E-state index in [1.165, 1.54) is 21.3 Å². The number of carbonyl (C=O) groups is 2. The Bertz CT molecular complexity index is 903. The fourth-order valence-electron chi connectivity index (χ4n) is 3.65. The van der Waals surface area contributed by atoms with Gasteiger partial charge in [0.1, 0.15) is 22.8 Å². The van der Waals surface area contributed by atoms with Gasteiger partial charge >= 0.3 is 0 Å². The molecule has 0 radical (unpaired) electrons. The van der Waals surface area contributed by atoms with Crippen LogP contribution in [0.4, 0.5) is 0 Å². The Labute approximate surface area is 180 Å². The van der Waals surface area contributed by atoms with Gasteiger partial charge in [-0.05, 0) is 44.0 Å². The molecule has 0 saturated heterocycles. The zero-order chi connectivity index (χ0) is 22.6. The van der Waals surface area contributed by atoms with E-state index in [0.29, 0.717) is 34.8 Å². The molecule has 0 saturated carbocycles. The van der Waals surface area contributed by atoms with Crippen LogP contribution in [0.5, 0.6) is 17.2 Å². The van der Waals surface area contributed by atoms with Gasteiger partial charge in [-0.2, -0.15) is 0 Å². The van der Waals surface area contributed by atoms with Crippen LogP contribution in [0, 0.1) is 20.8 Å². The lowest BCUT2D eigenvalue weighted by atomic mass is 10.0. The topological polar surface area (TPSA) is 61.8 Å². The molecule has 0 aliphatic rings. The Kier molecular flexibility index (Phi) is 8.03. The Balaban J connectivity index is 2.67. The van der Waals surface area contributed by atoms with E-state index in [1.54, 1.807) is 12.1 Å². The number of benzene rings is 2. The van der Waals surface area contributed by atoms with Crippen LogP contribution in [0.1, 0.15) is 57.7 Å². The number of methoxy groups -OCH3 is 3. The highest BCUT2D eigenvalue weighted by atomic mass is 31.1. The van der Waals surface area contributed by atoms with Crippen molar-refractivity contribution in [2.45, 2.75) is 46.7 Å². The fourth-order valence-corrected chi connectivity index (χ4v) is 6.06. The lowest BCUT2D eigenvalue weighted by molar-refractivity contribution is 0.104. The highest BCUT2D eigenvalue weighted by Crippen LogP contribution is 2.53. The third-order valence-corrected chi connectivity index (χ3v) is 7.86. The second kappa shape index (κ2) is 10.1. The monoisotopic (exact) mass is 430 g/mol. The number of aryl methyl sites for hydroxylation is 3. The quantitative estimate of drug-likeness (QED) is 0.464. The zero-order valence-electron chi connectivity index (χ0n) is 19.1. The molecule has 2 rings (SSSR count). The van der Waals surface area contributed by atoms with E-state index in [0.717, 1.165) is 16.7 Å². The van der Waals surface area contributed by atoms with Crippen molar-refractivity contribution in [3.05, 3.63) is 52.1 Å². The summed E-state index contributed by atoms with van der Waals surface area (Å²) >= 11 is 0. The van der Waals surface area contributed by atoms with E-state index in [-0.39, 0.29) is 16.7 Å². The molecule has 0 spiro atoms. The van der Waals surface area contributed by atoms with Gasteiger partial charge in [0.2, 0.25) is 0 Å². The van der Waals surface area contributed by atoms with E-state index in [2.05, 4.69) is 0 Å². The molecule has 0 heterocycles. The third-order valence-electron chi connectivity index (χ3n) is 5.29. The van der Waals surface area contributed by atoms with Crippen LogP contribution in [0.15, 0.2) is 24.3 Å². The number of hydrogen-bond acceptors (Lipinski definition) is 5. The lowest BCUT2D eigenvalue weighted by Gasteiger charge is -2.24. The van der Waals surface area contributed by atoms with Crippen LogP contribution < -0.4 is 14.2 Å². The van der Waals surface area contributed by atoms with Crippen LogP contribution in [-0.4, -0.2) is 38.0 Å². The molecule has 2 aromatic rings. The largest absolute Gasteiger partial charge is 0.496 e. The minimum Gasteiger partial charge on any atom is -0.496 e. The van der Waals surface area contributed by atoms with E-state index >= 15 is 0 Å². The van der Waals surface area contributed by atoms with Crippen molar-refractivity contribution in [2.75, 3.05) is 21.3 Å². The van der Waals surface area contributed by atoms with Crippen molar-refractivity contribution in [3.8, 4) is 17.2 Å². The van der Waals surface area contributed by atoms with Gasteiger partial charge in [0.25, 0.3) is 0 Å². The van der Waals surface area contributed by atoms with Crippen LogP contribution in [0.25, 0.3) is 0 Å². The molecule has 2 unspecified atom stereocenters. The smallest absolute Gasteiger partial charge is 0.199 e. The molecular weight excluding hydrogens is 399 g/mol. The van der Waals surface area contributed by atoms with Crippen LogP contribution in [0.2, 0.25) is 0 Å². The molecule has 0 aliphatic carbocycles. The number of rotatable bonds is 9. The average molecular weight is 430 g/mol. The Morgan fingerprint density at radius 2 is 1.30 bits per heavy atom. The molecule has 30 heavy (non-hydrogen) atoms. The molecule has 0 aromatic heterocycles. The van der Waals surface area contributed by atoms with Gasteiger partial charge < -0.3 is 14.2 Å². The van der Waals surface area contributed by atoms with Crippen LogP contribution in [-0.2, 0) is 0 Å². The van der Waals surface area contributed by atoms with E-state index in [1.807, 2.05) is 46.8 Å². The Hall–Kier alpha value is -2.39. The maximum atomic E-state index is 13.8. The van der Waals surface area contributed by atoms with Gasteiger partial charge in [0.05, 0.1) is 21.3 Å². The lowest BCUT2D eigenvalue weighted by Crippen LogP contribution is -2.18. The first-order valence-electron chi connectivity index (χ1n) is 9.95. The maximum Gasteiger partial charge on any atom is 0.199 e. The summed E-state index contributed by atoms with van der Waals surface area (Å²) < 4.78 is 16.3. The van der Waals surface area contributed by atoms with Gasteiger partial charge in [-0.3, -0.25) is 9.59 Å². The summed E-state index contributed by atoms with van der Waals surface area (Å²) in [7, 11) is 2.85. The zero-order valence-corrected chi connectivity index (χ0v) is 20.0. The van der Waals surface area contributed by atoms with E-state index in [4.69, 9.17) is 14.2 Å². The first-order chi connectivity index (χ1) is 14.2. The summed E-state index contributed by atoms with van der Waals surface area (Å²) in [6.07, 6.45) is 0.716. The van der Waals surface area contributed by atoms with Gasteiger partial charge in [-0.15, -0.1) is 0 Å². The predicted octanol–water partition coefficient (Wildman–Crippen LogP) is 5.90. The molecule has 0 fully saturated rings. The first-order valence-corrected chi connectivity index (χ1v) is 11.4. The summed E-state index contributed by atoms with van der Waals surface area (Å²) in [5.74, 6) is 1.21. The van der Waals surface area contributed by atoms with E-state index < -0.39 is 7.92 Å². The normalized spacial score (nSPS) is 12.8. The molecule has 0 N–H and O–H groups in total. The SMILES string of the molecule is CCC(C)P(C(=O)c1c(C)cc(C)cc1C)C(=O)c1c(OC)cc(OC)cc1OC. The van der Waals surface area contributed by atoms with Gasteiger partial charge in [0.15, 0.2) is 11.0 Å². The van der Waals surface area contributed by atoms with Crippen molar-refractivity contribution >= 4 is 19.0 Å². The summed E-state index contributed by atoms with van der Waals surface area (Å²) in [6.45, 7) is 9.82. The Morgan fingerprint density at radius 1 is 0.833 bits per heavy atom. The molecule has 162 valence electrons. The van der Waals surface area contributed by atoms with Gasteiger partial charge in [-0.1, -0.05) is 31.5 Å². The molecule has 6 heteroatoms. The highest BCUT2D eigenvalue weighted by molar-refractivity contribution is 7.90. The van der Waals surface area contributed by atoms with Crippen molar-refractivity contribution in [2.24, 2.45) is 0 Å². The van der Waals surface area contributed by atoms with Gasteiger partial charge in [-0.25, -0.2) is 0 Å². The molecular formula is C24H31O5P. The molecule has 0 amide bonds. The maximum absolute atomic E-state index is 13.8. The average Bonchev–Trinajstić information content (AvgIpc) is 2.71. The summed E-state index contributed by atoms with van der Waals surface area (Å²) in [6, 6.07) is 7.27. The summed E-state index contributed by atoms with van der Waals surface area (Å²) in [5, 5.41) is 0. The summed E-state index contributed by atoms with van der Waals surface area (Å²) in [5.41, 5.74) is 3.41. The van der Waals surface area contributed by atoms with Crippen molar-refractivity contribution in [3.63, 3.8) is 0 Å². The second-order valence-electron chi connectivity index (χ2n) is 7.42. The molecule has 5 nitrogen and oxygen atoms in total. The standard InChI is InChI=1S/C24H31O5P/c1-9-17(5)30(23(25)21-15(3)10-14(2)11-16(21)4)24(26)22-19(28-7)12-18(27-6)13-20(22)29-8/h10-13,17H,9H2,1-8H3. The fraction of sp³-hybridized carbons (Fsp3) is 0.417. The third kappa shape index (κ3) is 4.67. The molecule has 0 aliphatic heterocycles. The number of ether oxygens (including phenoxy) is 3. The van der Waals surface area contributed by atoms with E-state index in [9.17, 15) is 9.59 Å². The van der Waals surface area contributed by atoms with Crippen LogP contribution >= 0.6 is 7.92 Å². The molecule has 0 bridgehead atoms. The molecule has 2 atom stereocenters. The summed E-state index contributed by atoms with van der Waals surface area (Å²) in [4.78, 5) is 27.6. The Morgan fingerprint density at radius 3 is 1.70 bits per heavy atom. The van der Waals surface area contributed by atoms with Gasteiger partial charge in [0, 0.05) is 25.6 Å². The second-order valence-corrected chi connectivity index (χ2v) is 9.85. The van der Waals surface area contributed by atoms with Crippen molar-refractivity contribution < 1.29 is 23.8 Å². The predicted molar refractivity (Wildman–Crippen MR) is 122 cm³/mol. The van der Waals surface area contributed by atoms with Crippen molar-refractivity contribution in [1.29, 1.82) is 0 Å². The van der Waals surface area contributed by atoms with Crippen molar-refractivity contribution in [1.82, 2.24) is 0 Å². The highest BCUT2D eigenvalue weighted by Gasteiger charge is 2.37. The minimum atomic E-state index is -1.68. The minimum absolute atomic E-state index is 0.0865. The molecule has 2 aromatic carbocycles. The van der Waals surface area contributed by atoms with Crippen LogP contribution in [0.3, 0.4) is 0 Å². The number of carbonyl (C=O) groups excluding carboxylic acids is 2. The first kappa shape index (κ1) is 23.9. The number of hydrogen-bond donors (Lipinski definition) is 0.